The van der Waals surface area contributed by atoms with Crippen molar-refractivity contribution in [2.75, 3.05) is 19.8 Å². The number of halogens is 1. The Labute approximate surface area is 120 Å². The molecule has 0 aliphatic rings. The third-order valence-corrected chi connectivity index (χ3v) is 3.07. The molecule has 0 fully saturated rings. The predicted octanol–water partition coefficient (Wildman–Crippen LogP) is 0.996. The van der Waals surface area contributed by atoms with Crippen molar-refractivity contribution in [3.63, 3.8) is 0 Å². The molecule has 1 atom stereocenters. The third kappa shape index (κ3) is 5.59. The number of nitrogens with one attached hydrogen (secondary N) is 1. The van der Waals surface area contributed by atoms with Crippen LogP contribution in [0.25, 0.3) is 0 Å². The minimum atomic E-state index is -1.32. The molecule has 0 aliphatic carbocycles. The quantitative estimate of drug-likeness (QED) is 0.726. The molecule has 0 bridgehead atoms. The first-order valence-corrected chi connectivity index (χ1v) is 6.62. The van der Waals surface area contributed by atoms with Crippen LogP contribution in [0.4, 0.5) is 0 Å². The molecule has 19 heavy (non-hydrogen) atoms. The van der Waals surface area contributed by atoms with Crippen LogP contribution in [0, 0.1) is 6.92 Å². The molecule has 6 heteroatoms. The van der Waals surface area contributed by atoms with Crippen LogP contribution in [-0.4, -0.2) is 41.5 Å². The van der Waals surface area contributed by atoms with Gasteiger partial charge in [-0.1, -0.05) is 6.07 Å². The molecule has 0 spiro atoms. The first-order valence-electron chi connectivity index (χ1n) is 5.83. The monoisotopic (exact) mass is 331 g/mol. The summed E-state index contributed by atoms with van der Waals surface area (Å²) in [7, 11) is 0. The second-order valence-electron chi connectivity index (χ2n) is 4.65. The molecule has 5 nitrogen and oxygen atoms in total. The van der Waals surface area contributed by atoms with E-state index in [2.05, 4.69) is 21.2 Å². The fraction of sp³-hybridized carbons (Fsp3) is 0.462. The maximum absolute atomic E-state index is 11.5. The van der Waals surface area contributed by atoms with Gasteiger partial charge in [0, 0.05) is 6.54 Å². The standard InChI is InChI=1S/C13H18BrNO4/c1-9-3-4-11(10(14)5-9)19-6-12(17)15-7-13(2,18)8-16/h3-5,16,18H,6-8H2,1-2H3,(H,15,17). The summed E-state index contributed by atoms with van der Waals surface area (Å²) < 4.78 is 6.13. The Bertz CT molecular complexity index is 448. The number of carbonyl (C=O) groups is 1. The van der Waals surface area contributed by atoms with Crippen molar-refractivity contribution in [2.45, 2.75) is 19.4 Å². The molecule has 0 saturated carbocycles. The van der Waals surface area contributed by atoms with Gasteiger partial charge in [0.15, 0.2) is 6.61 Å². The fourth-order valence-electron chi connectivity index (χ4n) is 1.26. The van der Waals surface area contributed by atoms with Crippen LogP contribution in [-0.2, 0) is 4.79 Å². The zero-order chi connectivity index (χ0) is 14.5. The van der Waals surface area contributed by atoms with Crippen molar-refractivity contribution in [1.82, 2.24) is 5.32 Å². The van der Waals surface area contributed by atoms with Gasteiger partial charge >= 0.3 is 0 Å². The van der Waals surface area contributed by atoms with Crippen molar-refractivity contribution < 1.29 is 19.7 Å². The summed E-state index contributed by atoms with van der Waals surface area (Å²) in [5, 5.41) is 20.8. The van der Waals surface area contributed by atoms with Crippen LogP contribution in [0.3, 0.4) is 0 Å². The summed E-state index contributed by atoms with van der Waals surface area (Å²) >= 11 is 3.35. The van der Waals surface area contributed by atoms with Crippen LogP contribution >= 0.6 is 15.9 Å². The van der Waals surface area contributed by atoms with Gasteiger partial charge in [0.25, 0.3) is 5.91 Å². The lowest BCUT2D eigenvalue weighted by Gasteiger charge is -2.20. The first kappa shape index (κ1) is 15.9. The molecule has 0 aliphatic heterocycles. The lowest BCUT2D eigenvalue weighted by molar-refractivity contribution is -0.124. The van der Waals surface area contributed by atoms with E-state index < -0.39 is 12.2 Å². The number of benzene rings is 1. The van der Waals surface area contributed by atoms with E-state index in [1.807, 2.05) is 19.1 Å². The Kier molecular flexibility index (Phi) is 5.78. The summed E-state index contributed by atoms with van der Waals surface area (Å²) in [5.41, 5.74) is -0.234. The minimum Gasteiger partial charge on any atom is -0.483 e. The number of aryl methyl sites for hydroxylation is 1. The van der Waals surface area contributed by atoms with Crippen LogP contribution in [0.1, 0.15) is 12.5 Å². The molecule has 1 unspecified atom stereocenters. The van der Waals surface area contributed by atoms with Crippen LogP contribution < -0.4 is 10.1 Å². The molecule has 0 heterocycles. The molecule has 1 amide bonds. The molecule has 0 saturated heterocycles. The van der Waals surface area contributed by atoms with E-state index in [4.69, 9.17) is 9.84 Å². The highest BCUT2D eigenvalue weighted by molar-refractivity contribution is 9.10. The summed E-state index contributed by atoms with van der Waals surface area (Å²) in [5.74, 6) is 0.218. The molecule has 3 N–H and O–H groups in total. The smallest absolute Gasteiger partial charge is 0.258 e. The number of aliphatic hydroxyl groups is 2. The Hall–Kier alpha value is -1.11. The van der Waals surface area contributed by atoms with E-state index in [1.165, 1.54) is 6.92 Å². The van der Waals surface area contributed by atoms with Gasteiger partial charge in [0.05, 0.1) is 11.1 Å². The maximum atomic E-state index is 11.5. The normalized spacial score (nSPS) is 13.7. The largest absolute Gasteiger partial charge is 0.483 e. The van der Waals surface area contributed by atoms with Crippen LogP contribution in [0.5, 0.6) is 5.75 Å². The molecular weight excluding hydrogens is 314 g/mol. The van der Waals surface area contributed by atoms with Gasteiger partial charge in [0.2, 0.25) is 0 Å². The Balaban J connectivity index is 2.42. The molecule has 0 aromatic heterocycles. The highest BCUT2D eigenvalue weighted by atomic mass is 79.9. The van der Waals surface area contributed by atoms with Crippen molar-refractivity contribution in [3.8, 4) is 5.75 Å². The zero-order valence-corrected chi connectivity index (χ0v) is 12.5. The second-order valence-corrected chi connectivity index (χ2v) is 5.51. The number of hydrogen-bond acceptors (Lipinski definition) is 4. The molecule has 1 aromatic rings. The number of hydrogen-bond donors (Lipinski definition) is 3. The SMILES string of the molecule is Cc1ccc(OCC(=O)NCC(C)(O)CO)c(Br)c1. The van der Waals surface area contributed by atoms with E-state index in [9.17, 15) is 9.90 Å². The fourth-order valence-corrected chi connectivity index (χ4v) is 1.87. The average Bonchev–Trinajstić information content (AvgIpc) is 2.35. The third-order valence-electron chi connectivity index (χ3n) is 2.45. The van der Waals surface area contributed by atoms with Crippen molar-refractivity contribution >= 4 is 21.8 Å². The van der Waals surface area contributed by atoms with Gasteiger partial charge in [0.1, 0.15) is 11.4 Å². The lowest BCUT2D eigenvalue weighted by atomic mass is 10.1. The van der Waals surface area contributed by atoms with Gasteiger partial charge in [-0.15, -0.1) is 0 Å². The topological polar surface area (TPSA) is 78.8 Å². The van der Waals surface area contributed by atoms with Gasteiger partial charge in [-0.3, -0.25) is 4.79 Å². The summed E-state index contributed by atoms with van der Waals surface area (Å²) in [6.07, 6.45) is 0. The maximum Gasteiger partial charge on any atom is 0.258 e. The van der Waals surface area contributed by atoms with Crippen LogP contribution in [0.2, 0.25) is 0 Å². The Morgan fingerprint density at radius 2 is 2.21 bits per heavy atom. The van der Waals surface area contributed by atoms with Gasteiger partial charge in [-0.25, -0.2) is 0 Å². The summed E-state index contributed by atoms with van der Waals surface area (Å²) in [6, 6.07) is 5.55. The van der Waals surface area contributed by atoms with E-state index in [0.29, 0.717) is 5.75 Å². The van der Waals surface area contributed by atoms with Crippen molar-refractivity contribution in [1.29, 1.82) is 0 Å². The highest BCUT2D eigenvalue weighted by Gasteiger charge is 2.19. The van der Waals surface area contributed by atoms with Gasteiger partial charge < -0.3 is 20.3 Å². The zero-order valence-electron chi connectivity index (χ0n) is 10.9. The molecule has 0 radical (unpaired) electrons. The number of amides is 1. The van der Waals surface area contributed by atoms with Crippen LogP contribution in [0.15, 0.2) is 22.7 Å². The Morgan fingerprint density at radius 1 is 1.53 bits per heavy atom. The van der Waals surface area contributed by atoms with E-state index in [1.54, 1.807) is 6.07 Å². The number of ether oxygens (including phenoxy) is 1. The lowest BCUT2D eigenvalue weighted by Crippen LogP contribution is -2.44. The molecule has 106 valence electrons. The van der Waals surface area contributed by atoms with Crippen molar-refractivity contribution in [3.05, 3.63) is 28.2 Å². The highest BCUT2D eigenvalue weighted by Crippen LogP contribution is 2.25. The first-order chi connectivity index (χ1) is 8.84. The number of carbonyl (C=O) groups excluding carboxylic acids is 1. The summed E-state index contributed by atoms with van der Waals surface area (Å²) in [6.45, 7) is 2.80. The van der Waals surface area contributed by atoms with Gasteiger partial charge in [-0.05, 0) is 47.5 Å². The average molecular weight is 332 g/mol. The van der Waals surface area contributed by atoms with E-state index >= 15 is 0 Å². The molecule has 1 aromatic carbocycles. The van der Waals surface area contributed by atoms with E-state index in [-0.39, 0.29) is 19.1 Å². The Morgan fingerprint density at radius 3 is 2.79 bits per heavy atom. The minimum absolute atomic E-state index is 0.0270. The number of aliphatic hydroxyl groups excluding tert-OH is 1. The number of rotatable bonds is 6. The molecular formula is C13H18BrNO4. The predicted molar refractivity (Wildman–Crippen MR) is 75.1 cm³/mol. The van der Waals surface area contributed by atoms with Gasteiger partial charge in [-0.2, -0.15) is 0 Å². The van der Waals surface area contributed by atoms with Crippen molar-refractivity contribution in [2.24, 2.45) is 0 Å². The second kappa shape index (κ2) is 6.88. The summed E-state index contributed by atoms with van der Waals surface area (Å²) in [4.78, 5) is 11.5. The molecule has 1 rings (SSSR count). The van der Waals surface area contributed by atoms with E-state index in [0.717, 1.165) is 10.0 Å².